The van der Waals surface area contributed by atoms with Crippen molar-refractivity contribution in [1.29, 1.82) is 0 Å². The van der Waals surface area contributed by atoms with Crippen molar-refractivity contribution in [3.05, 3.63) is 70.5 Å². The maximum Gasteiger partial charge on any atom is 0.226 e. The number of hydrogen-bond donors (Lipinski definition) is 0. The Bertz CT molecular complexity index is 780. The second-order valence-corrected chi connectivity index (χ2v) is 7.14. The highest BCUT2D eigenvalue weighted by Crippen LogP contribution is 2.48. The zero-order chi connectivity index (χ0) is 17.4. The van der Waals surface area contributed by atoms with Crippen molar-refractivity contribution in [2.24, 2.45) is 5.92 Å². The average Bonchev–Trinajstić information content (AvgIpc) is 3.43. The Morgan fingerprint density at radius 2 is 1.96 bits per heavy atom. The van der Waals surface area contributed by atoms with E-state index in [0.29, 0.717) is 24.7 Å². The van der Waals surface area contributed by atoms with Gasteiger partial charge >= 0.3 is 0 Å². The molecule has 2 aromatic rings. The molecule has 0 aromatic heterocycles. The topological polar surface area (TPSA) is 29.5 Å². The van der Waals surface area contributed by atoms with Crippen LogP contribution in [0.25, 0.3) is 0 Å². The lowest BCUT2D eigenvalue weighted by Crippen LogP contribution is -2.43. The molecule has 0 radical (unpaired) electrons. The van der Waals surface area contributed by atoms with Gasteiger partial charge in [0.2, 0.25) is 5.91 Å². The summed E-state index contributed by atoms with van der Waals surface area (Å²) < 4.78 is 19.2. The molecule has 3 nitrogen and oxygen atoms in total. The first-order valence-corrected chi connectivity index (χ1v) is 8.91. The predicted octanol–water partition coefficient (Wildman–Crippen LogP) is 4.18. The average molecular weight is 360 g/mol. The number of carbonyl (C=O) groups excluding carboxylic acids is 1. The fourth-order valence-corrected chi connectivity index (χ4v) is 3.66. The van der Waals surface area contributed by atoms with Crippen LogP contribution in [0.5, 0.6) is 0 Å². The summed E-state index contributed by atoms with van der Waals surface area (Å²) in [5.41, 5.74) is 1.94. The molecular formula is C20H19ClFNO2. The van der Waals surface area contributed by atoms with E-state index in [4.69, 9.17) is 16.3 Å². The zero-order valence-electron chi connectivity index (χ0n) is 13.7. The molecule has 1 amide bonds. The van der Waals surface area contributed by atoms with E-state index in [0.717, 1.165) is 17.5 Å². The van der Waals surface area contributed by atoms with Crippen molar-refractivity contribution in [1.82, 2.24) is 4.90 Å². The third-order valence-electron chi connectivity index (χ3n) is 5.00. The predicted molar refractivity (Wildman–Crippen MR) is 94.0 cm³/mol. The standard InChI is InChI=1S/C20H19ClFNO2/c21-15-6-4-13(5-7-15)19-12-23(8-9-25-19)20(24)18-11-17(18)14-2-1-3-16(22)10-14/h1-7,10,17-19H,8-9,11-12H2. The third-order valence-corrected chi connectivity index (χ3v) is 5.26. The Hall–Kier alpha value is -1.91. The van der Waals surface area contributed by atoms with Gasteiger partial charge in [-0.25, -0.2) is 4.39 Å². The van der Waals surface area contributed by atoms with E-state index in [1.165, 1.54) is 12.1 Å². The summed E-state index contributed by atoms with van der Waals surface area (Å²) in [5.74, 6) is 0.00657. The van der Waals surface area contributed by atoms with Crippen LogP contribution in [0.15, 0.2) is 48.5 Å². The number of ether oxygens (including phenoxy) is 1. The van der Waals surface area contributed by atoms with Crippen LogP contribution in [0.2, 0.25) is 5.02 Å². The largest absolute Gasteiger partial charge is 0.370 e. The van der Waals surface area contributed by atoms with Crippen molar-refractivity contribution in [2.75, 3.05) is 19.7 Å². The number of benzene rings is 2. The minimum Gasteiger partial charge on any atom is -0.370 e. The molecule has 1 saturated carbocycles. The molecule has 2 aliphatic rings. The summed E-state index contributed by atoms with van der Waals surface area (Å²) in [6.45, 7) is 1.68. The highest BCUT2D eigenvalue weighted by molar-refractivity contribution is 6.30. The van der Waals surface area contributed by atoms with E-state index < -0.39 is 0 Å². The van der Waals surface area contributed by atoms with Gasteiger partial charge in [0.25, 0.3) is 0 Å². The first-order chi connectivity index (χ1) is 12.1. The van der Waals surface area contributed by atoms with Crippen LogP contribution in [0, 0.1) is 11.7 Å². The molecule has 0 bridgehead atoms. The molecule has 25 heavy (non-hydrogen) atoms. The van der Waals surface area contributed by atoms with E-state index in [1.54, 1.807) is 6.07 Å². The van der Waals surface area contributed by atoms with Gasteiger partial charge in [0, 0.05) is 17.5 Å². The van der Waals surface area contributed by atoms with Gasteiger partial charge in [-0.3, -0.25) is 4.79 Å². The monoisotopic (exact) mass is 359 g/mol. The number of carbonyl (C=O) groups is 1. The molecular weight excluding hydrogens is 341 g/mol. The van der Waals surface area contributed by atoms with E-state index in [9.17, 15) is 9.18 Å². The number of morpholine rings is 1. The third kappa shape index (κ3) is 3.55. The molecule has 1 aliphatic carbocycles. The Morgan fingerprint density at radius 3 is 2.72 bits per heavy atom. The van der Waals surface area contributed by atoms with Gasteiger partial charge < -0.3 is 9.64 Å². The number of rotatable bonds is 3. The molecule has 3 atom stereocenters. The van der Waals surface area contributed by atoms with Crippen LogP contribution in [0.1, 0.15) is 29.6 Å². The number of amides is 1. The molecule has 1 aliphatic heterocycles. The van der Waals surface area contributed by atoms with Crippen molar-refractivity contribution < 1.29 is 13.9 Å². The molecule has 2 aromatic carbocycles. The van der Waals surface area contributed by atoms with Crippen molar-refractivity contribution in [3.63, 3.8) is 0 Å². The van der Waals surface area contributed by atoms with Crippen molar-refractivity contribution >= 4 is 17.5 Å². The van der Waals surface area contributed by atoms with Gasteiger partial charge in [0.05, 0.1) is 13.2 Å². The fraction of sp³-hybridized carbons (Fsp3) is 0.350. The zero-order valence-corrected chi connectivity index (χ0v) is 14.5. The molecule has 3 unspecified atom stereocenters. The van der Waals surface area contributed by atoms with Gasteiger partial charge in [-0.05, 0) is 47.7 Å². The fourth-order valence-electron chi connectivity index (χ4n) is 3.54. The van der Waals surface area contributed by atoms with Gasteiger partial charge in [0.1, 0.15) is 11.9 Å². The minimum absolute atomic E-state index is 0.0363. The minimum atomic E-state index is -0.246. The Kier molecular flexibility index (Phi) is 4.48. The van der Waals surface area contributed by atoms with Crippen molar-refractivity contribution in [3.8, 4) is 0 Å². The maximum atomic E-state index is 13.4. The van der Waals surface area contributed by atoms with Crippen LogP contribution in [0.3, 0.4) is 0 Å². The SMILES string of the molecule is O=C(C1CC1c1cccc(F)c1)N1CCOC(c2ccc(Cl)cc2)C1. The Morgan fingerprint density at radius 1 is 1.16 bits per heavy atom. The smallest absolute Gasteiger partial charge is 0.226 e. The number of halogens is 2. The molecule has 1 heterocycles. The lowest BCUT2D eigenvalue weighted by Gasteiger charge is -2.33. The summed E-state index contributed by atoms with van der Waals surface area (Å²) in [7, 11) is 0. The molecule has 0 N–H and O–H groups in total. The first-order valence-electron chi connectivity index (χ1n) is 8.53. The van der Waals surface area contributed by atoms with E-state index >= 15 is 0 Å². The van der Waals surface area contributed by atoms with Gasteiger partial charge in [-0.1, -0.05) is 35.9 Å². The summed E-state index contributed by atoms with van der Waals surface area (Å²) in [6.07, 6.45) is 0.673. The first kappa shape index (κ1) is 16.6. The molecule has 4 rings (SSSR count). The highest BCUT2D eigenvalue weighted by atomic mass is 35.5. The normalized spacial score (nSPS) is 25.7. The summed E-state index contributed by atoms with van der Waals surface area (Å²) in [4.78, 5) is 14.7. The van der Waals surface area contributed by atoms with Crippen LogP contribution in [0.4, 0.5) is 4.39 Å². The van der Waals surface area contributed by atoms with Crippen LogP contribution >= 0.6 is 11.6 Å². The van der Waals surface area contributed by atoms with Crippen molar-refractivity contribution in [2.45, 2.75) is 18.4 Å². The summed E-state index contributed by atoms with van der Waals surface area (Å²) in [5, 5.41) is 0.684. The number of hydrogen-bond acceptors (Lipinski definition) is 2. The second kappa shape index (κ2) is 6.77. The van der Waals surface area contributed by atoms with Gasteiger partial charge in [-0.2, -0.15) is 0 Å². The maximum absolute atomic E-state index is 13.4. The highest BCUT2D eigenvalue weighted by Gasteiger charge is 2.46. The summed E-state index contributed by atoms with van der Waals surface area (Å²) >= 11 is 5.93. The van der Waals surface area contributed by atoms with Gasteiger partial charge in [0.15, 0.2) is 0 Å². The molecule has 2 fully saturated rings. The quantitative estimate of drug-likeness (QED) is 0.822. The summed E-state index contributed by atoms with van der Waals surface area (Å²) in [6, 6.07) is 14.1. The van der Waals surface area contributed by atoms with E-state index in [-0.39, 0.29) is 29.7 Å². The Balaban J connectivity index is 1.42. The van der Waals surface area contributed by atoms with Crippen LogP contribution in [-0.2, 0) is 9.53 Å². The van der Waals surface area contributed by atoms with Crippen LogP contribution < -0.4 is 0 Å². The molecule has 1 saturated heterocycles. The molecule has 0 spiro atoms. The van der Waals surface area contributed by atoms with Crippen LogP contribution in [-0.4, -0.2) is 30.5 Å². The molecule has 130 valence electrons. The van der Waals surface area contributed by atoms with Gasteiger partial charge in [-0.15, -0.1) is 0 Å². The van der Waals surface area contributed by atoms with E-state index in [1.807, 2.05) is 35.2 Å². The second-order valence-electron chi connectivity index (χ2n) is 6.70. The van der Waals surface area contributed by atoms with E-state index in [2.05, 4.69) is 0 Å². The molecule has 5 heteroatoms. The lowest BCUT2D eigenvalue weighted by atomic mass is 10.1. The number of nitrogens with zero attached hydrogens (tertiary/aromatic N) is 1. The lowest BCUT2D eigenvalue weighted by molar-refractivity contribution is -0.140. The Labute approximate surface area is 151 Å².